The molecule has 1 aliphatic heterocycles. The van der Waals surface area contributed by atoms with E-state index in [1.807, 2.05) is 6.07 Å². The maximum atomic E-state index is 12.6. The van der Waals surface area contributed by atoms with E-state index in [4.69, 9.17) is 5.73 Å². The van der Waals surface area contributed by atoms with E-state index in [0.717, 1.165) is 25.2 Å². The Kier molecular flexibility index (Phi) is 6.72. The lowest BCUT2D eigenvalue weighted by Gasteiger charge is -2.17. The summed E-state index contributed by atoms with van der Waals surface area (Å²) >= 11 is 0. The van der Waals surface area contributed by atoms with Gasteiger partial charge >= 0.3 is 0 Å². The molecule has 0 aromatic heterocycles. The molecule has 2 aromatic rings. The van der Waals surface area contributed by atoms with Crippen LogP contribution < -0.4 is 5.73 Å². The molecule has 3 rings (SSSR count). The topological polar surface area (TPSA) is 29.3 Å². The number of alkyl halides is 2. The van der Waals surface area contributed by atoms with Gasteiger partial charge in [0.15, 0.2) is 0 Å². The second kappa shape index (κ2) is 8.56. The molecule has 1 fully saturated rings. The first kappa shape index (κ1) is 18.8. The van der Waals surface area contributed by atoms with Crippen LogP contribution in [0.1, 0.15) is 29.0 Å². The van der Waals surface area contributed by atoms with Crippen molar-refractivity contribution in [3.05, 3.63) is 71.3 Å². The van der Waals surface area contributed by atoms with Crippen LogP contribution in [0.5, 0.6) is 0 Å². The van der Waals surface area contributed by atoms with Crippen molar-refractivity contribution in [2.45, 2.75) is 18.9 Å². The molecule has 2 aromatic carbocycles. The third-order valence-electron chi connectivity index (χ3n) is 4.68. The van der Waals surface area contributed by atoms with Crippen LogP contribution >= 0.6 is 12.4 Å². The fourth-order valence-electron chi connectivity index (χ4n) is 3.43. The van der Waals surface area contributed by atoms with Gasteiger partial charge in [0, 0.05) is 31.1 Å². The minimum Gasteiger partial charge on any atom is -0.330 e. The summed E-state index contributed by atoms with van der Waals surface area (Å²) in [6.45, 7) is 3.36. The van der Waals surface area contributed by atoms with Crippen molar-refractivity contribution in [2.75, 3.05) is 19.6 Å². The highest BCUT2D eigenvalue weighted by Crippen LogP contribution is 2.32. The summed E-state index contributed by atoms with van der Waals surface area (Å²) in [4.78, 5) is 2.37. The molecule has 2 nitrogen and oxygen atoms in total. The average molecular weight is 353 g/mol. The predicted molar refractivity (Wildman–Crippen MR) is 95.7 cm³/mol. The van der Waals surface area contributed by atoms with E-state index in [-0.39, 0.29) is 18.0 Å². The summed E-state index contributed by atoms with van der Waals surface area (Å²) < 4.78 is 25.2. The van der Waals surface area contributed by atoms with Gasteiger partial charge in [-0.25, -0.2) is 8.78 Å². The third kappa shape index (κ3) is 4.32. The highest BCUT2D eigenvalue weighted by atomic mass is 35.5. The molecule has 0 saturated carbocycles. The van der Waals surface area contributed by atoms with E-state index in [1.54, 1.807) is 12.1 Å². The van der Waals surface area contributed by atoms with Gasteiger partial charge in [-0.05, 0) is 23.6 Å². The lowest BCUT2D eigenvalue weighted by atomic mass is 9.89. The molecule has 0 radical (unpaired) electrons. The first-order valence-electron chi connectivity index (χ1n) is 8.01. The van der Waals surface area contributed by atoms with Crippen molar-refractivity contribution in [1.82, 2.24) is 4.90 Å². The van der Waals surface area contributed by atoms with Gasteiger partial charge in [0.25, 0.3) is 6.43 Å². The molecule has 2 N–H and O–H groups in total. The van der Waals surface area contributed by atoms with Gasteiger partial charge < -0.3 is 5.73 Å². The Balaban J connectivity index is 0.00000208. The summed E-state index contributed by atoms with van der Waals surface area (Å²) in [6, 6.07) is 17.1. The van der Waals surface area contributed by atoms with E-state index in [9.17, 15) is 8.78 Å². The molecule has 5 heteroatoms. The highest BCUT2D eigenvalue weighted by Gasteiger charge is 2.32. The Morgan fingerprint density at radius 3 is 2.25 bits per heavy atom. The highest BCUT2D eigenvalue weighted by molar-refractivity contribution is 5.85. The third-order valence-corrected chi connectivity index (χ3v) is 4.68. The maximum Gasteiger partial charge on any atom is 0.263 e. The Morgan fingerprint density at radius 1 is 1.00 bits per heavy atom. The SMILES string of the molecule is Cl.NC[C@@H]1CN(Cc2ccc(C(F)F)cc2)C[C@H]1c1ccccc1. The fraction of sp³-hybridized carbons (Fsp3) is 0.368. The summed E-state index contributed by atoms with van der Waals surface area (Å²) in [5, 5.41) is 0. The van der Waals surface area contributed by atoms with Crippen LogP contribution in [0.25, 0.3) is 0 Å². The number of hydrogen-bond acceptors (Lipinski definition) is 2. The van der Waals surface area contributed by atoms with Crippen LogP contribution in [0, 0.1) is 5.92 Å². The molecule has 0 spiro atoms. The number of benzene rings is 2. The van der Waals surface area contributed by atoms with E-state index < -0.39 is 6.43 Å². The van der Waals surface area contributed by atoms with Gasteiger partial charge in [-0.15, -0.1) is 12.4 Å². The summed E-state index contributed by atoms with van der Waals surface area (Å²) in [7, 11) is 0. The number of likely N-dealkylation sites (tertiary alicyclic amines) is 1. The zero-order chi connectivity index (χ0) is 16.2. The van der Waals surface area contributed by atoms with Crippen molar-refractivity contribution >= 4 is 12.4 Å². The molecule has 130 valence electrons. The standard InChI is InChI=1S/C19H22F2N2.ClH/c20-19(21)16-8-6-14(7-9-16)11-23-12-17(10-22)18(13-23)15-4-2-1-3-5-15;/h1-9,17-19H,10-13,22H2;1H/t17-,18+;/m1./s1. The van der Waals surface area contributed by atoms with E-state index in [1.165, 1.54) is 17.7 Å². The summed E-state index contributed by atoms with van der Waals surface area (Å²) in [5.41, 5.74) is 8.44. The van der Waals surface area contributed by atoms with Gasteiger partial charge in [0.05, 0.1) is 0 Å². The number of hydrogen-bond donors (Lipinski definition) is 1. The molecule has 1 aliphatic rings. The van der Waals surface area contributed by atoms with Crippen LogP contribution in [-0.4, -0.2) is 24.5 Å². The van der Waals surface area contributed by atoms with Gasteiger partial charge in [-0.1, -0.05) is 54.6 Å². The summed E-state index contributed by atoms with van der Waals surface area (Å²) in [5.74, 6) is 0.888. The minimum atomic E-state index is -2.40. The van der Waals surface area contributed by atoms with Crippen LogP contribution in [0.4, 0.5) is 8.78 Å². The first-order chi connectivity index (χ1) is 11.2. The zero-order valence-electron chi connectivity index (χ0n) is 13.4. The van der Waals surface area contributed by atoms with Gasteiger partial charge in [-0.3, -0.25) is 4.90 Å². The fourth-order valence-corrected chi connectivity index (χ4v) is 3.43. The smallest absolute Gasteiger partial charge is 0.263 e. The van der Waals surface area contributed by atoms with Crippen LogP contribution in [0.3, 0.4) is 0 Å². The molecule has 0 aliphatic carbocycles. The lowest BCUT2D eigenvalue weighted by Crippen LogP contribution is -2.23. The molecule has 0 unspecified atom stereocenters. The quantitative estimate of drug-likeness (QED) is 0.873. The number of rotatable bonds is 5. The molecule has 2 atom stereocenters. The Hall–Kier alpha value is -1.49. The van der Waals surface area contributed by atoms with Crippen molar-refractivity contribution in [1.29, 1.82) is 0 Å². The largest absolute Gasteiger partial charge is 0.330 e. The molecular weight excluding hydrogens is 330 g/mol. The molecule has 1 saturated heterocycles. The second-order valence-corrected chi connectivity index (χ2v) is 6.25. The molecular formula is C19H23ClF2N2. The molecule has 1 heterocycles. The molecule has 0 bridgehead atoms. The Bertz CT molecular complexity index is 619. The lowest BCUT2D eigenvalue weighted by molar-refractivity contribution is 0.151. The predicted octanol–water partition coefficient (Wildman–Crippen LogP) is 4.22. The number of halogens is 3. The van der Waals surface area contributed by atoms with E-state index >= 15 is 0 Å². The minimum absolute atomic E-state index is 0. The van der Waals surface area contributed by atoms with Gasteiger partial charge in [-0.2, -0.15) is 0 Å². The van der Waals surface area contributed by atoms with Crippen LogP contribution in [-0.2, 0) is 6.54 Å². The normalized spacial score (nSPS) is 21.0. The van der Waals surface area contributed by atoms with E-state index in [2.05, 4.69) is 29.2 Å². The van der Waals surface area contributed by atoms with Gasteiger partial charge in [0.2, 0.25) is 0 Å². The Morgan fingerprint density at radius 2 is 1.67 bits per heavy atom. The summed E-state index contributed by atoms with van der Waals surface area (Å²) in [6.07, 6.45) is -2.40. The first-order valence-corrected chi connectivity index (χ1v) is 8.01. The van der Waals surface area contributed by atoms with Crippen LogP contribution in [0.2, 0.25) is 0 Å². The number of nitrogens with two attached hydrogens (primary N) is 1. The second-order valence-electron chi connectivity index (χ2n) is 6.25. The van der Waals surface area contributed by atoms with Gasteiger partial charge in [0.1, 0.15) is 0 Å². The van der Waals surface area contributed by atoms with E-state index in [0.29, 0.717) is 18.4 Å². The Labute approximate surface area is 148 Å². The monoisotopic (exact) mass is 352 g/mol. The number of nitrogens with zero attached hydrogens (tertiary/aromatic N) is 1. The van der Waals surface area contributed by atoms with Crippen molar-refractivity contribution in [2.24, 2.45) is 11.7 Å². The molecule has 0 amide bonds. The van der Waals surface area contributed by atoms with Crippen LogP contribution in [0.15, 0.2) is 54.6 Å². The maximum absolute atomic E-state index is 12.6. The van der Waals surface area contributed by atoms with Crippen molar-refractivity contribution in [3.63, 3.8) is 0 Å². The van der Waals surface area contributed by atoms with Crippen molar-refractivity contribution in [3.8, 4) is 0 Å². The average Bonchev–Trinajstić information content (AvgIpc) is 2.99. The zero-order valence-corrected chi connectivity index (χ0v) is 14.3. The van der Waals surface area contributed by atoms with Crippen molar-refractivity contribution < 1.29 is 8.78 Å². The molecule has 24 heavy (non-hydrogen) atoms.